The van der Waals surface area contributed by atoms with Gasteiger partial charge in [-0.15, -0.1) is 22.7 Å². The van der Waals surface area contributed by atoms with Crippen molar-refractivity contribution in [3.05, 3.63) is 56.7 Å². The average Bonchev–Trinajstić information content (AvgIpc) is 3.14. The molecule has 104 valence electrons. The molecule has 1 atom stereocenters. The van der Waals surface area contributed by atoms with Gasteiger partial charge in [-0.1, -0.05) is 6.07 Å². The normalized spacial score (nSPS) is 12.7. The third-order valence-corrected chi connectivity index (χ3v) is 4.86. The predicted molar refractivity (Wildman–Crippen MR) is 83.1 cm³/mol. The van der Waals surface area contributed by atoms with Crippen molar-refractivity contribution < 1.29 is 0 Å². The lowest BCUT2D eigenvalue weighted by Crippen LogP contribution is -2.24. The smallest absolute Gasteiger partial charge is 0.131 e. The molecule has 0 fully saturated rings. The van der Waals surface area contributed by atoms with Crippen LogP contribution in [0.25, 0.3) is 0 Å². The highest BCUT2D eigenvalue weighted by atomic mass is 32.1. The maximum atomic E-state index is 4.50. The SMILES string of the molecule is Cc1nc(CNC(c2cccs2)c2nccn2C)cs1. The largest absolute Gasteiger partial charge is 0.336 e. The highest BCUT2D eigenvalue weighted by molar-refractivity contribution is 7.10. The molecule has 0 amide bonds. The lowest BCUT2D eigenvalue weighted by molar-refractivity contribution is 0.560. The molecule has 20 heavy (non-hydrogen) atoms. The first-order valence-electron chi connectivity index (χ1n) is 6.39. The molecule has 0 saturated carbocycles. The quantitative estimate of drug-likeness (QED) is 0.787. The number of hydrogen-bond donors (Lipinski definition) is 1. The zero-order valence-electron chi connectivity index (χ0n) is 11.4. The third-order valence-electron chi connectivity index (χ3n) is 3.10. The van der Waals surface area contributed by atoms with Gasteiger partial charge in [0.25, 0.3) is 0 Å². The molecule has 6 heteroatoms. The van der Waals surface area contributed by atoms with Crippen LogP contribution in [-0.4, -0.2) is 14.5 Å². The summed E-state index contributed by atoms with van der Waals surface area (Å²) in [7, 11) is 2.03. The molecule has 0 aliphatic heterocycles. The van der Waals surface area contributed by atoms with Crippen molar-refractivity contribution in [3.8, 4) is 0 Å². The molecular formula is C14H16N4S2. The summed E-state index contributed by atoms with van der Waals surface area (Å²) in [4.78, 5) is 10.2. The molecule has 0 saturated heterocycles. The zero-order valence-corrected chi connectivity index (χ0v) is 13.0. The molecule has 4 nitrogen and oxygen atoms in total. The summed E-state index contributed by atoms with van der Waals surface area (Å²) in [6.45, 7) is 2.78. The Bertz CT molecular complexity index is 669. The van der Waals surface area contributed by atoms with Gasteiger partial charge in [0.15, 0.2) is 0 Å². The molecular weight excluding hydrogens is 288 g/mol. The number of hydrogen-bond acceptors (Lipinski definition) is 5. The van der Waals surface area contributed by atoms with E-state index in [9.17, 15) is 0 Å². The second-order valence-electron chi connectivity index (χ2n) is 4.58. The zero-order chi connectivity index (χ0) is 13.9. The summed E-state index contributed by atoms with van der Waals surface area (Å²) >= 11 is 3.43. The minimum absolute atomic E-state index is 0.108. The second kappa shape index (κ2) is 5.87. The minimum atomic E-state index is 0.108. The van der Waals surface area contributed by atoms with E-state index in [1.807, 2.05) is 26.4 Å². The fourth-order valence-corrected chi connectivity index (χ4v) is 3.53. The van der Waals surface area contributed by atoms with Gasteiger partial charge in [-0.3, -0.25) is 5.32 Å². The first-order chi connectivity index (χ1) is 9.74. The minimum Gasteiger partial charge on any atom is -0.336 e. The van der Waals surface area contributed by atoms with E-state index in [1.54, 1.807) is 22.7 Å². The van der Waals surface area contributed by atoms with E-state index in [1.165, 1.54) is 4.88 Å². The fraction of sp³-hybridized carbons (Fsp3) is 0.286. The van der Waals surface area contributed by atoms with Crippen LogP contribution in [0.2, 0.25) is 0 Å². The van der Waals surface area contributed by atoms with E-state index in [0.29, 0.717) is 0 Å². The number of aryl methyl sites for hydroxylation is 2. The second-order valence-corrected chi connectivity index (χ2v) is 6.63. The van der Waals surface area contributed by atoms with Crippen molar-refractivity contribution in [2.24, 2.45) is 7.05 Å². The number of thiazole rings is 1. The predicted octanol–water partition coefficient (Wildman–Crippen LogP) is 3.13. The lowest BCUT2D eigenvalue weighted by atomic mass is 10.2. The van der Waals surface area contributed by atoms with Crippen molar-refractivity contribution in [2.45, 2.75) is 19.5 Å². The summed E-state index contributed by atoms with van der Waals surface area (Å²) in [5, 5.41) is 8.87. The number of imidazole rings is 1. The molecule has 0 bridgehead atoms. The molecule has 3 rings (SSSR count). The molecule has 1 unspecified atom stereocenters. The van der Waals surface area contributed by atoms with Crippen molar-refractivity contribution in [2.75, 3.05) is 0 Å². The standard InChI is InChI=1S/C14H16N4S2/c1-10-17-11(9-20-10)8-16-13(12-4-3-7-19-12)14-15-5-6-18(14)2/h3-7,9,13,16H,8H2,1-2H3. The van der Waals surface area contributed by atoms with Crippen molar-refractivity contribution >= 4 is 22.7 Å². The topological polar surface area (TPSA) is 42.7 Å². The molecule has 3 aromatic heterocycles. The van der Waals surface area contributed by atoms with Gasteiger partial charge in [0.05, 0.1) is 10.7 Å². The van der Waals surface area contributed by atoms with Gasteiger partial charge in [-0.2, -0.15) is 0 Å². The van der Waals surface area contributed by atoms with Crippen LogP contribution in [0, 0.1) is 6.92 Å². The van der Waals surface area contributed by atoms with Crippen LogP contribution in [0.15, 0.2) is 35.3 Å². The van der Waals surface area contributed by atoms with Gasteiger partial charge in [-0.25, -0.2) is 9.97 Å². The Hall–Kier alpha value is -1.50. The number of thiophene rings is 1. The summed E-state index contributed by atoms with van der Waals surface area (Å²) in [6.07, 6.45) is 3.81. The molecule has 0 spiro atoms. The molecule has 0 aromatic carbocycles. The van der Waals surface area contributed by atoms with Crippen molar-refractivity contribution in [3.63, 3.8) is 0 Å². The van der Waals surface area contributed by atoms with E-state index in [-0.39, 0.29) is 6.04 Å². The summed E-state index contributed by atoms with van der Waals surface area (Å²) in [5.74, 6) is 1.03. The molecule has 3 heterocycles. The Morgan fingerprint density at radius 3 is 2.90 bits per heavy atom. The molecule has 0 aliphatic carbocycles. The number of nitrogens with zero attached hydrogens (tertiary/aromatic N) is 3. The van der Waals surface area contributed by atoms with E-state index < -0.39 is 0 Å². The highest BCUT2D eigenvalue weighted by Gasteiger charge is 2.19. The maximum absolute atomic E-state index is 4.50. The Labute approximate surface area is 126 Å². The van der Waals surface area contributed by atoms with Crippen molar-refractivity contribution in [1.29, 1.82) is 0 Å². The first kappa shape index (κ1) is 13.5. The molecule has 0 radical (unpaired) electrons. The van der Waals surface area contributed by atoms with Gasteiger partial charge in [0, 0.05) is 36.2 Å². The molecule has 0 aliphatic rings. The molecule has 1 N–H and O–H groups in total. The van der Waals surface area contributed by atoms with Crippen molar-refractivity contribution in [1.82, 2.24) is 19.9 Å². The van der Waals surface area contributed by atoms with Crippen LogP contribution in [-0.2, 0) is 13.6 Å². The van der Waals surface area contributed by atoms with Crippen LogP contribution < -0.4 is 5.32 Å². The highest BCUT2D eigenvalue weighted by Crippen LogP contribution is 2.25. The van der Waals surface area contributed by atoms with E-state index in [0.717, 1.165) is 23.1 Å². The number of nitrogens with one attached hydrogen (secondary N) is 1. The van der Waals surface area contributed by atoms with Gasteiger partial charge < -0.3 is 4.57 Å². The monoisotopic (exact) mass is 304 g/mol. The Morgan fingerprint density at radius 1 is 1.40 bits per heavy atom. The number of aromatic nitrogens is 3. The lowest BCUT2D eigenvalue weighted by Gasteiger charge is -2.16. The van der Waals surface area contributed by atoms with E-state index >= 15 is 0 Å². The molecule has 3 aromatic rings. The van der Waals surface area contributed by atoms with Crippen LogP contribution >= 0.6 is 22.7 Å². The summed E-state index contributed by atoms with van der Waals surface area (Å²) in [5.41, 5.74) is 1.09. The van der Waals surface area contributed by atoms with Gasteiger partial charge >= 0.3 is 0 Å². The first-order valence-corrected chi connectivity index (χ1v) is 8.15. The summed E-state index contributed by atoms with van der Waals surface area (Å²) in [6, 6.07) is 4.32. The fourth-order valence-electron chi connectivity index (χ4n) is 2.13. The van der Waals surface area contributed by atoms with Gasteiger partial charge in [-0.05, 0) is 18.4 Å². The average molecular weight is 304 g/mol. The van der Waals surface area contributed by atoms with E-state index in [4.69, 9.17) is 0 Å². The Morgan fingerprint density at radius 2 is 2.30 bits per heavy atom. The van der Waals surface area contributed by atoms with Crippen LogP contribution in [0.5, 0.6) is 0 Å². The third kappa shape index (κ3) is 2.82. The number of rotatable bonds is 5. The maximum Gasteiger partial charge on any atom is 0.131 e. The Balaban J connectivity index is 1.81. The van der Waals surface area contributed by atoms with Crippen LogP contribution in [0.4, 0.5) is 0 Å². The van der Waals surface area contributed by atoms with E-state index in [2.05, 4.69) is 42.7 Å². The van der Waals surface area contributed by atoms with Crippen LogP contribution in [0.3, 0.4) is 0 Å². The van der Waals surface area contributed by atoms with Crippen LogP contribution in [0.1, 0.15) is 27.4 Å². The van der Waals surface area contributed by atoms with Gasteiger partial charge in [0.1, 0.15) is 11.9 Å². The van der Waals surface area contributed by atoms with Gasteiger partial charge in [0.2, 0.25) is 0 Å². The Kier molecular flexibility index (Phi) is 3.95. The summed E-state index contributed by atoms with van der Waals surface area (Å²) < 4.78 is 2.06.